The SMILES string of the molecule is COC(=O)C[C@@H]1CC(=O)C2=C(O)c3c(OC)ccc(Br)c3[C@@H]2C1. The molecule has 0 unspecified atom stereocenters. The summed E-state index contributed by atoms with van der Waals surface area (Å²) in [6.07, 6.45) is 1.08. The van der Waals surface area contributed by atoms with Gasteiger partial charge in [-0.3, -0.25) is 9.59 Å². The molecule has 5 nitrogen and oxygen atoms in total. The highest BCUT2D eigenvalue weighted by Gasteiger charge is 2.43. The highest BCUT2D eigenvalue weighted by atomic mass is 79.9. The molecule has 1 fully saturated rings. The Kier molecular flexibility index (Phi) is 4.19. The van der Waals surface area contributed by atoms with Crippen LogP contribution >= 0.6 is 15.9 Å². The van der Waals surface area contributed by atoms with E-state index < -0.39 is 0 Å². The van der Waals surface area contributed by atoms with Crippen LogP contribution in [0.25, 0.3) is 5.76 Å². The molecule has 0 bridgehead atoms. The van der Waals surface area contributed by atoms with Crippen LogP contribution in [0, 0.1) is 5.92 Å². The van der Waals surface area contributed by atoms with E-state index in [0.717, 1.165) is 10.0 Å². The molecule has 0 spiro atoms. The van der Waals surface area contributed by atoms with Crippen molar-refractivity contribution < 1.29 is 24.2 Å². The van der Waals surface area contributed by atoms with Gasteiger partial charge in [0, 0.05) is 28.8 Å². The fraction of sp³-hybridized carbons (Fsp3) is 0.412. The lowest BCUT2D eigenvalue weighted by atomic mass is 9.75. The number of hydrogen-bond donors (Lipinski definition) is 1. The number of carbonyl (C=O) groups excluding carboxylic acids is 2. The number of hydrogen-bond acceptors (Lipinski definition) is 5. The first-order chi connectivity index (χ1) is 11.0. The monoisotopic (exact) mass is 380 g/mol. The van der Waals surface area contributed by atoms with Gasteiger partial charge in [-0.05, 0) is 30.0 Å². The van der Waals surface area contributed by atoms with Crippen molar-refractivity contribution in [3.05, 3.63) is 33.3 Å². The molecule has 0 aliphatic heterocycles. The Morgan fingerprint density at radius 2 is 2.13 bits per heavy atom. The first-order valence-corrected chi connectivity index (χ1v) is 8.17. The molecule has 3 rings (SSSR count). The molecule has 1 saturated carbocycles. The van der Waals surface area contributed by atoms with Gasteiger partial charge >= 0.3 is 5.97 Å². The quantitative estimate of drug-likeness (QED) is 0.813. The average Bonchev–Trinajstić information content (AvgIpc) is 2.82. The van der Waals surface area contributed by atoms with Gasteiger partial charge in [0.25, 0.3) is 0 Å². The molecule has 0 radical (unpaired) electrons. The number of esters is 1. The number of ether oxygens (including phenoxy) is 2. The van der Waals surface area contributed by atoms with Gasteiger partial charge in [0.15, 0.2) is 5.78 Å². The summed E-state index contributed by atoms with van der Waals surface area (Å²) in [5.41, 5.74) is 1.88. The van der Waals surface area contributed by atoms with E-state index in [1.165, 1.54) is 14.2 Å². The van der Waals surface area contributed by atoms with Crippen molar-refractivity contribution in [1.29, 1.82) is 0 Å². The summed E-state index contributed by atoms with van der Waals surface area (Å²) < 4.78 is 10.9. The largest absolute Gasteiger partial charge is 0.507 e. The zero-order valence-electron chi connectivity index (χ0n) is 12.9. The maximum absolute atomic E-state index is 12.5. The van der Waals surface area contributed by atoms with E-state index in [4.69, 9.17) is 9.47 Å². The topological polar surface area (TPSA) is 72.8 Å². The third kappa shape index (κ3) is 2.55. The van der Waals surface area contributed by atoms with Crippen molar-refractivity contribution in [3.8, 4) is 5.75 Å². The van der Waals surface area contributed by atoms with E-state index in [9.17, 15) is 14.7 Å². The lowest BCUT2D eigenvalue weighted by Crippen LogP contribution is -2.25. The Bertz CT molecular complexity index is 722. The summed E-state index contributed by atoms with van der Waals surface area (Å²) in [4.78, 5) is 24.1. The third-order valence-electron chi connectivity index (χ3n) is 4.59. The maximum atomic E-state index is 12.5. The van der Waals surface area contributed by atoms with Gasteiger partial charge in [0.05, 0.1) is 19.8 Å². The Morgan fingerprint density at radius 1 is 1.39 bits per heavy atom. The molecule has 2 aliphatic carbocycles. The molecule has 1 aromatic carbocycles. The van der Waals surface area contributed by atoms with Crippen LogP contribution in [0.4, 0.5) is 0 Å². The first kappa shape index (κ1) is 16.1. The van der Waals surface area contributed by atoms with Crippen LogP contribution in [0.2, 0.25) is 0 Å². The Morgan fingerprint density at radius 3 is 2.78 bits per heavy atom. The Hall–Kier alpha value is -1.82. The fourth-order valence-corrected chi connectivity index (χ4v) is 4.21. The van der Waals surface area contributed by atoms with Gasteiger partial charge < -0.3 is 14.6 Å². The second kappa shape index (κ2) is 6.00. The Labute approximate surface area is 142 Å². The molecule has 6 heteroatoms. The fourth-order valence-electron chi connectivity index (χ4n) is 3.60. The summed E-state index contributed by atoms with van der Waals surface area (Å²) in [6.45, 7) is 0. The van der Waals surface area contributed by atoms with Gasteiger partial charge in [-0.25, -0.2) is 0 Å². The van der Waals surface area contributed by atoms with Gasteiger partial charge in [-0.15, -0.1) is 0 Å². The molecule has 0 amide bonds. The zero-order chi connectivity index (χ0) is 16.7. The summed E-state index contributed by atoms with van der Waals surface area (Å²) in [7, 11) is 2.88. The summed E-state index contributed by atoms with van der Waals surface area (Å²) in [5.74, 6) is -0.185. The van der Waals surface area contributed by atoms with Crippen molar-refractivity contribution in [2.75, 3.05) is 14.2 Å². The standard InChI is InChI=1S/C17H17BrO5/c1-22-12-4-3-10(18)14-9-5-8(7-13(20)23-2)6-11(19)15(9)17(21)16(12)14/h3-4,8-9,21H,5-7H2,1-2H3/t8-,9-/m0/s1. The first-order valence-electron chi connectivity index (χ1n) is 7.37. The van der Waals surface area contributed by atoms with Crippen LogP contribution in [0.3, 0.4) is 0 Å². The van der Waals surface area contributed by atoms with Crippen molar-refractivity contribution in [3.63, 3.8) is 0 Å². The molecule has 23 heavy (non-hydrogen) atoms. The molecular formula is C17H17BrO5. The van der Waals surface area contributed by atoms with Crippen LogP contribution in [0.5, 0.6) is 5.75 Å². The minimum Gasteiger partial charge on any atom is -0.507 e. The van der Waals surface area contributed by atoms with Gasteiger partial charge in [-0.1, -0.05) is 15.9 Å². The van der Waals surface area contributed by atoms with Gasteiger partial charge in [0.2, 0.25) is 0 Å². The molecule has 0 heterocycles. The number of carbonyl (C=O) groups is 2. The highest BCUT2D eigenvalue weighted by molar-refractivity contribution is 9.10. The van der Waals surface area contributed by atoms with E-state index in [1.807, 2.05) is 6.07 Å². The van der Waals surface area contributed by atoms with Crippen LogP contribution in [-0.4, -0.2) is 31.1 Å². The molecule has 1 N–H and O–H groups in total. The van der Waals surface area contributed by atoms with Crippen molar-refractivity contribution in [1.82, 2.24) is 0 Å². The van der Waals surface area contributed by atoms with Crippen LogP contribution in [-0.2, 0) is 14.3 Å². The summed E-state index contributed by atoms with van der Waals surface area (Å²) >= 11 is 3.51. The van der Waals surface area contributed by atoms with E-state index >= 15 is 0 Å². The third-order valence-corrected chi connectivity index (χ3v) is 5.28. The number of methoxy groups -OCH3 is 2. The highest BCUT2D eigenvalue weighted by Crippen LogP contribution is 2.53. The number of benzene rings is 1. The van der Waals surface area contributed by atoms with Gasteiger partial charge in [-0.2, -0.15) is 0 Å². The molecule has 1 aromatic rings. The predicted octanol–water partition coefficient (Wildman–Crippen LogP) is 3.37. The maximum Gasteiger partial charge on any atom is 0.305 e. The number of rotatable bonds is 3. The van der Waals surface area contributed by atoms with Crippen molar-refractivity contribution >= 4 is 33.4 Å². The number of allylic oxidation sites excluding steroid dienone is 1. The van der Waals surface area contributed by atoms with E-state index in [1.54, 1.807) is 6.07 Å². The van der Waals surface area contributed by atoms with E-state index in [0.29, 0.717) is 23.3 Å². The lowest BCUT2D eigenvalue weighted by molar-refractivity contribution is -0.142. The Balaban J connectivity index is 2.04. The minimum atomic E-state index is -0.317. The number of aliphatic hydroxyl groups is 1. The molecular weight excluding hydrogens is 364 g/mol. The number of halogens is 1. The second-order valence-corrected chi connectivity index (χ2v) is 6.72. The normalized spacial score (nSPS) is 22.7. The zero-order valence-corrected chi connectivity index (χ0v) is 14.5. The molecule has 2 atom stereocenters. The molecule has 122 valence electrons. The van der Waals surface area contributed by atoms with Crippen molar-refractivity contribution in [2.24, 2.45) is 5.92 Å². The average molecular weight is 381 g/mol. The number of ketones is 1. The van der Waals surface area contributed by atoms with E-state index in [-0.39, 0.29) is 42.2 Å². The van der Waals surface area contributed by atoms with E-state index in [2.05, 4.69) is 15.9 Å². The minimum absolute atomic E-state index is 0.00432. The number of Topliss-reactive ketones (excluding diaryl/α,β-unsaturated/α-hetero) is 1. The molecule has 2 aliphatic rings. The van der Waals surface area contributed by atoms with Crippen molar-refractivity contribution in [2.45, 2.75) is 25.2 Å². The number of fused-ring (bicyclic) bond motifs is 3. The number of aliphatic hydroxyl groups excluding tert-OH is 1. The lowest BCUT2D eigenvalue weighted by Gasteiger charge is -2.28. The van der Waals surface area contributed by atoms with Gasteiger partial charge in [0.1, 0.15) is 11.5 Å². The predicted molar refractivity (Wildman–Crippen MR) is 87.3 cm³/mol. The summed E-state index contributed by atoms with van der Waals surface area (Å²) in [5, 5.41) is 10.6. The molecule has 0 aromatic heterocycles. The van der Waals surface area contributed by atoms with Crippen LogP contribution in [0.15, 0.2) is 22.2 Å². The second-order valence-electron chi connectivity index (χ2n) is 5.86. The summed E-state index contributed by atoms with van der Waals surface area (Å²) in [6, 6.07) is 3.61. The molecule has 0 saturated heterocycles. The smallest absolute Gasteiger partial charge is 0.305 e. The van der Waals surface area contributed by atoms with Crippen LogP contribution in [0.1, 0.15) is 36.3 Å². The van der Waals surface area contributed by atoms with Crippen LogP contribution < -0.4 is 4.74 Å².